The number of anilines is 1. The lowest BCUT2D eigenvalue weighted by Gasteiger charge is -2.14. The molecule has 0 spiro atoms. The lowest BCUT2D eigenvalue weighted by molar-refractivity contribution is 0.0697. The molecule has 5 heteroatoms. The van der Waals surface area contributed by atoms with Gasteiger partial charge in [-0.3, -0.25) is 0 Å². The van der Waals surface area contributed by atoms with E-state index in [1.54, 1.807) is 6.07 Å². The van der Waals surface area contributed by atoms with Crippen LogP contribution < -0.4 is 5.32 Å². The maximum Gasteiger partial charge on any atom is 0.338 e. The number of carboxylic acid groups (broad SMARTS) is 1. The van der Waals surface area contributed by atoms with E-state index in [1.807, 2.05) is 23.9 Å². The van der Waals surface area contributed by atoms with Gasteiger partial charge in [0.05, 0.1) is 5.56 Å². The van der Waals surface area contributed by atoms with Crippen LogP contribution in [0.2, 0.25) is 0 Å². The van der Waals surface area contributed by atoms with Gasteiger partial charge in [-0.25, -0.2) is 4.79 Å². The number of rotatable bonds is 4. The molecule has 1 aliphatic heterocycles. The van der Waals surface area contributed by atoms with Gasteiger partial charge in [0, 0.05) is 16.7 Å². The van der Waals surface area contributed by atoms with E-state index in [0.717, 1.165) is 6.54 Å². The monoisotopic (exact) mass is 315 g/mol. The fourth-order valence-corrected chi connectivity index (χ4v) is 3.71. The van der Waals surface area contributed by atoms with E-state index >= 15 is 0 Å². The summed E-state index contributed by atoms with van der Waals surface area (Å²) in [5.41, 5.74) is 1.02. The van der Waals surface area contributed by atoms with Crippen LogP contribution in [0.25, 0.3) is 0 Å². The summed E-state index contributed by atoms with van der Waals surface area (Å²) in [5, 5.41) is 12.4. The fraction of sp³-hybridized carbons (Fsp3) is 0.417. The van der Waals surface area contributed by atoms with Crippen LogP contribution in [-0.4, -0.2) is 29.1 Å². The quantitative estimate of drug-likeness (QED) is 0.895. The number of nitrogens with one attached hydrogen (secondary N) is 1. The number of carboxylic acids is 1. The SMILES string of the molecule is O=C(O)c1c(Br)cccc1NCC1CCSC1. The Balaban J connectivity index is 2.09. The van der Waals surface area contributed by atoms with Gasteiger partial charge >= 0.3 is 5.97 Å². The van der Waals surface area contributed by atoms with Crippen LogP contribution in [0.15, 0.2) is 22.7 Å². The summed E-state index contributed by atoms with van der Waals surface area (Å²) >= 11 is 5.24. The van der Waals surface area contributed by atoms with Crippen molar-refractivity contribution < 1.29 is 9.90 Å². The molecule has 0 aliphatic carbocycles. The second-order valence-corrected chi connectivity index (χ2v) is 6.08. The van der Waals surface area contributed by atoms with Crippen molar-refractivity contribution in [2.45, 2.75) is 6.42 Å². The number of aromatic carboxylic acids is 1. The Labute approximate surface area is 113 Å². The molecular weight excluding hydrogens is 302 g/mol. The van der Waals surface area contributed by atoms with Gasteiger partial charge < -0.3 is 10.4 Å². The summed E-state index contributed by atoms with van der Waals surface area (Å²) in [7, 11) is 0. The topological polar surface area (TPSA) is 49.3 Å². The van der Waals surface area contributed by atoms with Crippen molar-refractivity contribution in [2.24, 2.45) is 5.92 Å². The molecule has 0 radical (unpaired) electrons. The number of halogens is 1. The molecule has 1 aromatic rings. The first kappa shape index (κ1) is 12.8. The molecule has 2 N–H and O–H groups in total. The number of carbonyl (C=O) groups is 1. The van der Waals surface area contributed by atoms with Crippen molar-refractivity contribution in [2.75, 3.05) is 23.4 Å². The van der Waals surface area contributed by atoms with Gasteiger partial charge in [-0.05, 0) is 51.9 Å². The van der Waals surface area contributed by atoms with Crippen LogP contribution in [0.5, 0.6) is 0 Å². The molecule has 1 heterocycles. The Morgan fingerprint density at radius 1 is 1.59 bits per heavy atom. The number of thioether (sulfide) groups is 1. The van der Waals surface area contributed by atoms with Gasteiger partial charge in [0.1, 0.15) is 0 Å². The van der Waals surface area contributed by atoms with Crippen molar-refractivity contribution >= 4 is 39.3 Å². The van der Waals surface area contributed by atoms with Crippen LogP contribution in [0, 0.1) is 5.92 Å². The summed E-state index contributed by atoms with van der Waals surface area (Å²) in [6.07, 6.45) is 1.22. The third-order valence-electron chi connectivity index (χ3n) is 2.83. The first-order valence-corrected chi connectivity index (χ1v) is 7.46. The molecule has 3 nitrogen and oxygen atoms in total. The summed E-state index contributed by atoms with van der Waals surface area (Å²) in [5.74, 6) is 2.14. The minimum Gasteiger partial charge on any atom is -0.478 e. The van der Waals surface area contributed by atoms with Gasteiger partial charge in [0.25, 0.3) is 0 Å². The number of hydrogen-bond acceptors (Lipinski definition) is 3. The Morgan fingerprint density at radius 3 is 3.06 bits per heavy atom. The fourth-order valence-electron chi connectivity index (χ4n) is 1.89. The van der Waals surface area contributed by atoms with Crippen LogP contribution in [0.3, 0.4) is 0 Å². The average molecular weight is 316 g/mol. The molecule has 0 aromatic heterocycles. The molecule has 0 amide bonds. The molecular formula is C12H14BrNO2S. The normalized spacial score (nSPS) is 19.2. The van der Waals surface area contributed by atoms with Gasteiger partial charge in [-0.1, -0.05) is 6.07 Å². The smallest absolute Gasteiger partial charge is 0.338 e. The Hall–Kier alpha value is -0.680. The van der Waals surface area contributed by atoms with Gasteiger partial charge in [-0.15, -0.1) is 0 Å². The predicted octanol–water partition coefficient (Wildman–Crippen LogP) is 3.31. The second-order valence-electron chi connectivity index (χ2n) is 4.08. The van der Waals surface area contributed by atoms with E-state index in [1.165, 1.54) is 17.9 Å². The van der Waals surface area contributed by atoms with Crippen molar-refractivity contribution in [1.82, 2.24) is 0 Å². The maximum absolute atomic E-state index is 11.2. The lowest BCUT2D eigenvalue weighted by atomic mass is 10.1. The highest BCUT2D eigenvalue weighted by molar-refractivity contribution is 9.10. The Bertz CT molecular complexity index is 419. The van der Waals surface area contributed by atoms with Crippen LogP contribution in [-0.2, 0) is 0 Å². The number of hydrogen-bond donors (Lipinski definition) is 2. The largest absolute Gasteiger partial charge is 0.478 e. The van der Waals surface area contributed by atoms with Crippen molar-refractivity contribution in [3.8, 4) is 0 Å². The van der Waals surface area contributed by atoms with Gasteiger partial charge in [0.2, 0.25) is 0 Å². The summed E-state index contributed by atoms with van der Waals surface area (Å²) in [6, 6.07) is 5.42. The highest BCUT2D eigenvalue weighted by atomic mass is 79.9. The summed E-state index contributed by atoms with van der Waals surface area (Å²) < 4.78 is 0.621. The third-order valence-corrected chi connectivity index (χ3v) is 4.72. The molecule has 1 unspecified atom stereocenters. The minimum atomic E-state index is -0.902. The summed E-state index contributed by atoms with van der Waals surface area (Å²) in [4.78, 5) is 11.2. The highest BCUT2D eigenvalue weighted by Gasteiger charge is 2.18. The van der Waals surface area contributed by atoms with Crippen LogP contribution in [0.4, 0.5) is 5.69 Å². The predicted molar refractivity (Wildman–Crippen MR) is 75.0 cm³/mol. The van der Waals surface area contributed by atoms with Crippen molar-refractivity contribution in [1.29, 1.82) is 0 Å². The molecule has 0 saturated carbocycles. The third kappa shape index (κ3) is 3.16. The van der Waals surface area contributed by atoms with E-state index in [0.29, 0.717) is 21.6 Å². The highest BCUT2D eigenvalue weighted by Crippen LogP contribution is 2.27. The zero-order valence-corrected chi connectivity index (χ0v) is 11.7. The molecule has 1 aromatic carbocycles. The Morgan fingerprint density at radius 2 is 2.41 bits per heavy atom. The second kappa shape index (κ2) is 5.78. The Kier molecular flexibility index (Phi) is 4.34. The lowest BCUT2D eigenvalue weighted by Crippen LogP contribution is -2.15. The van der Waals surface area contributed by atoms with Crippen LogP contribution in [0.1, 0.15) is 16.8 Å². The average Bonchev–Trinajstić information content (AvgIpc) is 2.78. The zero-order valence-electron chi connectivity index (χ0n) is 9.28. The molecule has 0 bridgehead atoms. The van der Waals surface area contributed by atoms with Gasteiger partial charge in [-0.2, -0.15) is 11.8 Å². The van der Waals surface area contributed by atoms with Crippen molar-refractivity contribution in [3.05, 3.63) is 28.2 Å². The van der Waals surface area contributed by atoms with Gasteiger partial charge in [0.15, 0.2) is 0 Å². The molecule has 1 saturated heterocycles. The first-order chi connectivity index (χ1) is 8.18. The summed E-state index contributed by atoms with van der Waals surface area (Å²) in [6.45, 7) is 0.851. The molecule has 17 heavy (non-hydrogen) atoms. The van der Waals surface area contributed by atoms with Crippen LogP contribution >= 0.6 is 27.7 Å². The van der Waals surface area contributed by atoms with E-state index in [4.69, 9.17) is 5.11 Å². The maximum atomic E-state index is 11.2. The molecule has 1 atom stereocenters. The molecule has 92 valence electrons. The first-order valence-electron chi connectivity index (χ1n) is 5.52. The molecule has 1 aliphatic rings. The van der Waals surface area contributed by atoms with E-state index in [2.05, 4.69) is 21.2 Å². The molecule has 1 fully saturated rings. The minimum absolute atomic E-state index is 0.318. The van der Waals surface area contributed by atoms with E-state index in [9.17, 15) is 4.79 Å². The van der Waals surface area contributed by atoms with E-state index < -0.39 is 5.97 Å². The standard InChI is InChI=1S/C12H14BrNO2S/c13-9-2-1-3-10(11(9)12(15)16)14-6-8-4-5-17-7-8/h1-3,8,14H,4-7H2,(H,15,16). The van der Waals surface area contributed by atoms with E-state index in [-0.39, 0.29) is 0 Å². The number of benzene rings is 1. The van der Waals surface area contributed by atoms with Crippen molar-refractivity contribution in [3.63, 3.8) is 0 Å². The zero-order chi connectivity index (χ0) is 12.3. The molecule has 2 rings (SSSR count).